The lowest BCUT2D eigenvalue weighted by Gasteiger charge is -2.22. The largest absolute Gasteiger partial charge is 0.378 e. The lowest BCUT2D eigenvalue weighted by atomic mass is 10.2. The summed E-state index contributed by atoms with van der Waals surface area (Å²) in [4.78, 5) is 15.8. The number of nitrogens with zero attached hydrogens (tertiary/aromatic N) is 1. The van der Waals surface area contributed by atoms with Crippen molar-refractivity contribution in [2.24, 2.45) is 0 Å². The van der Waals surface area contributed by atoms with Crippen LogP contribution in [-0.4, -0.2) is 36.7 Å². The molecule has 1 fully saturated rings. The summed E-state index contributed by atoms with van der Waals surface area (Å²) >= 11 is 1.45. The molecule has 0 aromatic carbocycles. The zero-order valence-corrected chi connectivity index (χ0v) is 9.97. The van der Waals surface area contributed by atoms with E-state index in [1.807, 2.05) is 12.3 Å². The van der Waals surface area contributed by atoms with E-state index in [1.54, 1.807) is 0 Å². The summed E-state index contributed by atoms with van der Waals surface area (Å²) in [5.41, 5.74) is 0.930. The van der Waals surface area contributed by atoms with Gasteiger partial charge < -0.3 is 15.4 Å². The van der Waals surface area contributed by atoms with Crippen LogP contribution in [0, 0.1) is 6.92 Å². The quantitative estimate of drug-likeness (QED) is 0.820. The van der Waals surface area contributed by atoms with Gasteiger partial charge in [-0.1, -0.05) is 0 Å². The fourth-order valence-electron chi connectivity index (χ4n) is 1.56. The molecule has 2 heterocycles. The second-order valence-electron chi connectivity index (χ2n) is 3.77. The van der Waals surface area contributed by atoms with Crippen LogP contribution >= 0.6 is 11.3 Å². The van der Waals surface area contributed by atoms with Crippen LogP contribution in [0.2, 0.25) is 0 Å². The van der Waals surface area contributed by atoms with Gasteiger partial charge in [-0.25, -0.2) is 4.98 Å². The molecule has 1 saturated heterocycles. The molecule has 0 saturated carbocycles. The molecule has 1 atom stereocenters. The Morgan fingerprint density at radius 3 is 3.31 bits per heavy atom. The highest BCUT2D eigenvalue weighted by Crippen LogP contribution is 2.14. The van der Waals surface area contributed by atoms with Crippen LogP contribution in [0.3, 0.4) is 0 Å². The Kier molecular flexibility index (Phi) is 3.87. The van der Waals surface area contributed by atoms with E-state index in [9.17, 15) is 4.79 Å². The van der Waals surface area contributed by atoms with Gasteiger partial charge in [-0.05, 0) is 6.92 Å². The van der Waals surface area contributed by atoms with E-state index in [0.29, 0.717) is 18.2 Å². The fourth-order valence-corrected chi connectivity index (χ4v) is 2.26. The van der Waals surface area contributed by atoms with Gasteiger partial charge in [-0.2, -0.15) is 0 Å². The minimum Gasteiger partial charge on any atom is -0.378 e. The van der Waals surface area contributed by atoms with Crippen LogP contribution in [0.5, 0.6) is 0 Å². The number of carbonyl (C=O) groups excluding carboxylic acids is 1. The van der Waals surface area contributed by atoms with Gasteiger partial charge in [0.25, 0.3) is 0 Å². The number of aromatic nitrogens is 1. The van der Waals surface area contributed by atoms with Crippen LogP contribution < -0.4 is 10.6 Å². The van der Waals surface area contributed by atoms with Crippen molar-refractivity contribution < 1.29 is 9.53 Å². The first-order chi connectivity index (χ1) is 7.74. The van der Waals surface area contributed by atoms with Crippen LogP contribution in [0.1, 0.15) is 12.1 Å². The average Bonchev–Trinajstić information content (AvgIpc) is 2.65. The molecule has 0 radical (unpaired) electrons. The molecule has 2 rings (SSSR count). The predicted molar refractivity (Wildman–Crippen MR) is 62.7 cm³/mol. The van der Waals surface area contributed by atoms with E-state index < -0.39 is 0 Å². The summed E-state index contributed by atoms with van der Waals surface area (Å²) in [5.74, 6) is -0.0163. The third-order valence-electron chi connectivity index (χ3n) is 2.30. The van der Waals surface area contributed by atoms with E-state index in [0.717, 1.165) is 18.8 Å². The Hall–Kier alpha value is -0.980. The molecule has 88 valence electrons. The number of hydrogen-bond acceptors (Lipinski definition) is 5. The summed E-state index contributed by atoms with van der Waals surface area (Å²) in [6, 6.07) is 0.120. The van der Waals surface area contributed by atoms with E-state index in [-0.39, 0.29) is 11.9 Å². The maximum absolute atomic E-state index is 11.6. The van der Waals surface area contributed by atoms with Crippen molar-refractivity contribution in [1.29, 1.82) is 0 Å². The highest BCUT2D eigenvalue weighted by Gasteiger charge is 2.17. The Morgan fingerprint density at radius 1 is 1.81 bits per heavy atom. The first kappa shape index (κ1) is 11.5. The van der Waals surface area contributed by atoms with Gasteiger partial charge in [0.15, 0.2) is 5.13 Å². The topological polar surface area (TPSA) is 63.2 Å². The molecule has 1 amide bonds. The Balaban J connectivity index is 1.79. The molecular weight excluding hydrogens is 226 g/mol. The Labute approximate surface area is 98.2 Å². The number of nitrogens with one attached hydrogen (secondary N) is 2. The summed E-state index contributed by atoms with van der Waals surface area (Å²) in [7, 11) is 0. The maximum atomic E-state index is 11.6. The van der Waals surface area contributed by atoms with Gasteiger partial charge in [-0.3, -0.25) is 4.79 Å². The van der Waals surface area contributed by atoms with E-state index in [2.05, 4.69) is 15.6 Å². The Morgan fingerprint density at radius 2 is 2.69 bits per heavy atom. The zero-order chi connectivity index (χ0) is 11.4. The van der Waals surface area contributed by atoms with Crippen molar-refractivity contribution >= 4 is 22.4 Å². The van der Waals surface area contributed by atoms with Crippen molar-refractivity contribution in [2.75, 3.05) is 25.1 Å². The van der Waals surface area contributed by atoms with Crippen molar-refractivity contribution in [3.05, 3.63) is 11.1 Å². The number of morpholine rings is 1. The minimum atomic E-state index is -0.0163. The average molecular weight is 241 g/mol. The third-order valence-corrected chi connectivity index (χ3v) is 3.17. The number of amides is 1. The monoisotopic (exact) mass is 241 g/mol. The number of carbonyl (C=O) groups is 1. The maximum Gasteiger partial charge on any atom is 0.227 e. The highest BCUT2D eigenvalue weighted by molar-refractivity contribution is 7.13. The summed E-state index contributed by atoms with van der Waals surface area (Å²) in [6.45, 7) is 4.05. The molecule has 1 aliphatic rings. The van der Waals surface area contributed by atoms with Gasteiger partial charge in [0.2, 0.25) is 5.91 Å². The minimum absolute atomic E-state index is 0.0163. The molecule has 5 nitrogen and oxygen atoms in total. The lowest BCUT2D eigenvalue weighted by molar-refractivity contribution is -0.117. The fraction of sp³-hybridized carbons (Fsp3) is 0.600. The normalized spacial score (nSPS) is 20.7. The summed E-state index contributed by atoms with van der Waals surface area (Å²) in [5, 5.41) is 8.60. The van der Waals surface area contributed by atoms with Gasteiger partial charge in [-0.15, -0.1) is 11.3 Å². The van der Waals surface area contributed by atoms with Crippen LogP contribution in [-0.2, 0) is 9.53 Å². The van der Waals surface area contributed by atoms with E-state index >= 15 is 0 Å². The number of ether oxygens (including phenoxy) is 1. The number of thiazole rings is 1. The van der Waals surface area contributed by atoms with Gasteiger partial charge in [0.1, 0.15) is 0 Å². The summed E-state index contributed by atoms with van der Waals surface area (Å²) < 4.78 is 5.28. The standard InChI is InChI=1S/C10H15N3O2S/c1-7-6-16-10(12-7)13-9(14)4-8-5-15-3-2-11-8/h6,8,11H,2-5H2,1H3,(H,12,13,14). The van der Waals surface area contributed by atoms with E-state index in [1.165, 1.54) is 11.3 Å². The SMILES string of the molecule is Cc1csc(NC(=O)CC2COCCN2)n1. The molecule has 0 aliphatic carbocycles. The molecule has 1 unspecified atom stereocenters. The molecule has 16 heavy (non-hydrogen) atoms. The van der Waals surface area contributed by atoms with E-state index in [4.69, 9.17) is 4.74 Å². The first-order valence-electron chi connectivity index (χ1n) is 5.27. The number of aryl methyl sites for hydroxylation is 1. The second-order valence-corrected chi connectivity index (χ2v) is 4.63. The smallest absolute Gasteiger partial charge is 0.227 e. The molecule has 1 aliphatic heterocycles. The van der Waals surface area contributed by atoms with Crippen molar-refractivity contribution in [2.45, 2.75) is 19.4 Å². The van der Waals surface area contributed by atoms with Crippen molar-refractivity contribution in [1.82, 2.24) is 10.3 Å². The molecule has 1 aromatic heterocycles. The van der Waals surface area contributed by atoms with Crippen LogP contribution in [0.15, 0.2) is 5.38 Å². The number of rotatable bonds is 3. The molecule has 2 N–H and O–H groups in total. The third kappa shape index (κ3) is 3.26. The van der Waals surface area contributed by atoms with Crippen molar-refractivity contribution in [3.8, 4) is 0 Å². The van der Waals surface area contributed by atoms with Gasteiger partial charge >= 0.3 is 0 Å². The number of hydrogen-bond donors (Lipinski definition) is 2. The van der Waals surface area contributed by atoms with Crippen LogP contribution in [0.4, 0.5) is 5.13 Å². The molecule has 6 heteroatoms. The summed E-state index contributed by atoms with van der Waals surface area (Å²) in [6.07, 6.45) is 0.429. The highest BCUT2D eigenvalue weighted by atomic mass is 32.1. The first-order valence-corrected chi connectivity index (χ1v) is 6.15. The molecular formula is C10H15N3O2S. The van der Waals surface area contributed by atoms with Gasteiger partial charge in [0, 0.05) is 24.4 Å². The number of anilines is 1. The van der Waals surface area contributed by atoms with Gasteiger partial charge in [0.05, 0.1) is 18.9 Å². The molecule has 1 aromatic rings. The van der Waals surface area contributed by atoms with Crippen molar-refractivity contribution in [3.63, 3.8) is 0 Å². The Bertz CT molecular complexity index is 361. The van der Waals surface area contributed by atoms with Crippen LogP contribution in [0.25, 0.3) is 0 Å². The molecule has 0 spiro atoms. The zero-order valence-electron chi connectivity index (χ0n) is 9.16. The predicted octanol–water partition coefficient (Wildman–Crippen LogP) is 0.769. The second kappa shape index (κ2) is 5.38. The molecule has 0 bridgehead atoms. The lowest BCUT2D eigenvalue weighted by Crippen LogP contribution is -2.43.